The molecule has 2 nitrogen and oxygen atoms in total. The molecule has 0 bridgehead atoms. The van der Waals surface area contributed by atoms with E-state index in [9.17, 15) is 9.59 Å². The minimum Gasteiger partial charge on any atom is -0.295 e. The highest BCUT2D eigenvalue weighted by Gasteiger charge is 2.26. The SMILES string of the molecule is CC1=CC(=O)CC(C)(C)C1.CC1CC(C)(C)C=CC1=O. The minimum atomic E-state index is 0.204. The highest BCUT2D eigenvalue weighted by molar-refractivity contribution is 5.92. The molecule has 0 aromatic rings. The van der Waals surface area contributed by atoms with Crippen LogP contribution < -0.4 is 0 Å². The van der Waals surface area contributed by atoms with Gasteiger partial charge in [-0.2, -0.15) is 0 Å². The Kier molecular flexibility index (Phi) is 5.12. The fourth-order valence-electron chi connectivity index (χ4n) is 3.10. The van der Waals surface area contributed by atoms with Gasteiger partial charge in [0.05, 0.1) is 0 Å². The molecule has 0 aliphatic heterocycles. The summed E-state index contributed by atoms with van der Waals surface area (Å²) in [5.41, 5.74) is 1.66. The molecule has 0 saturated carbocycles. The predicted molar refractivity (Wildman–Crippen MR) is 83.5 cm³/mol. The quantitative estimate of drug-likeness (QED) is 0.653. The molecular formula is C18H28O2. The Bertz CT molecular complexity index is 450. The summed E-state index contributed by atoms with van der Waals surface area (Å²) >= 11 is 0. The van der Waals surface area contributed by atoms with E-state index in [1.807, 2.05) is 19.9 Å². The molecule has 2 aliphatic carbocycles. The van der Waals surface area contributed by atoms with Crippen LogP contribution in [0.2, 0.25) is 0 Å². The maximum absolute atomic E-state index is 11.0. The first-order valence-electron chi connectivity index (χ1n) is 7.44. The van der Waals surface area contributed by atoms with Crippen LogP contribution in [0.3, 0.4) is 0 Å². The fraction of sp³-hybridized carbons (Fsp3) is 0.667. The van der Waals surface area contributed by atoms with Gasteiger partial charge in [-0.1, -0.05) is 46.3 Å². The van der Waals surface area contributed by atoms with E-state index in [4.69, 9.17) is 0 Å². The van der Waals surface area contributed by atoms with Crippen LogP contribution in [-0.4, -0.2) is 11.6 Å². The molecule has 0 aromatic carbocycles. The van der Waals surface area contributed by atoms with Crippen LogP contribution in [-0.2, 0) is 9.59 Å². The lowest BCUT2D eigenvalue weighted by molar-refractivity contribution is -0.119. The zero-order valence-corrected chi connectivity index (χ0v) is 13.7. The Morgan fingerprint density at radius 3 is 2.10 bits per heavy atom. The Hall–Kier alpha value is -1.18. The Morgan fingerprint density at radius 2 is 1.70 bits per heavy atom. The Balaban J connectivity index is 0.000000200. The molecule has 0 spiro atoms. The molecule has 0 saturated heterocycles. The molecular weight excluding hydrogens is 248 g/mol. The molecule has 112 valence electrons. The Labute approximate surface area is 123 Å². The standard InChI is InChI=1S/2C9H14O/c1-7-4-8(10)6-9(2,3)5-7;1-7-6-9(2,3)5-4-8(7)10/h4H,5-6H2,1-3H3;4-5,7H,6H2,1-3H3. The number of ketones is 2. The number of carbonyl (C=O) groups excluding carboxylic acids is 2. The molecule has 0 amide bonds. The smallest absolute Gasteiger partial charge is 0.158 e. The van der Waals surface area contributed by atoms with Crippen LogP contribution in [0.5, 0.6) is 0 Å². The van der Waals surface area contributed by atoms with Crippen LogP contribution in [0.25, 0.3) is 0 Å². The van der Waals surface area contributed by atoms with E-state index < -0.39 is 0 Å². The van der Waals surface area contributed by atoms with Crippen molar-refractivity contribution in [3.8, 4) is 0 Å². The van der Waals surface area contributed by atoms with Gasteiger partial charge in [0.15, 0.2) is 11.6 Å². The summed E-state index contributed by atoms with van der Waals surface area (Å²) in [5.74, 6) is 0.785. The summed E-state index contributed by atoms with van der Waals surface area (Å²) in [7, 11) is 0. The number of rotatable bonds is 0. The van der Waals surface area contributed by atoms with Gasteiger partial charge in [0.25, 0.3) is 0 Å². The average Bonchev–Trinajstić information content (AvgIpc) is 2.20. The van der Waals surface area contributed by atoms with Gasteiger partial charge < -0.3 is 0 Å². The van der Waals surface area contributed by atoms with Gasteiger partial charge in [-0.05, 0) is 42.7 Å². The summed E-state index contributed by atoms with van der Waals surface area (Å²) in [6, 6.07) is 0. The van der Waals surface area contributed by atoms with Crippen molar-refractivity contribution in [3.05, 3.63) is 23.8 Å². The van der Waals surface area contributed by atoms with Crippen molar-refractivity contribution < 1.29 is 9.59 Å². The monoisotopic (exact) mass is 276 g/mol. The van der Waals surface area contributed by atoms with E-state index >= 15 is 0 Å². The zero-order chi connectivity index (χ0) is 15.6. The van der Waals surface area contributed by atoms with Crippen LogP contribution in [0.15, 0.2) is 23.8 Å². The highest BCUT2D eigenvalue weighted by Crippen LogP contribution is 2.33. The number of hydrogen-bond donors (Lipinski definition) is 0. The molecule has 2 aliphatic rings. The largest absolute Gasteiger partial charge is 0.295 e. The van der Waals surface area contributed by atoms with Gasteiger partial charge in [-0.25, -0.2) is 0 Å². The topological polar surface area (TPSA) is 34.1 Å². The first-order chi connectivity index (χ1) is 9.01. The van der Waals surface area contributed by atoms with Crippen molar-refractivity contribution in [2.75, 3.05) is 0 Å². The molecule has 0 radical (unpaired) electrons. The minimum absolute atomic E-state index is 0.204. The summed E-state index contributed by atoms with van der Waals surface area (Å²) < 4.78 is 0. The van der Waals surface area contributed by atoms with Gasteiger partial charge in [-0.15, -0.1) is 0 Å². The van der Waals surface area contributed by atoms with Gasteiger partial charge in [0.2, 0.25) is 0 Å². The van der Waals surface area contributed by atoms with Crippen molar-refractivity contribution in [2.45, 2.75) is 60.8 Å². The van der Waals surface area contributed by atoms with Crippen LogP contribution in [0.4, 0.5) is 0 Å². The number of hydrogen-bond acceptors (Lipinski definition) is 2. The van der Waals surface area contributed by atoms with Crippen molar-refractivity contribution in [2.24, 2.45) is 16.7 Å². The van der Waals surface area contributed by atoms with Gasteiger partial charge in [0, 0.05) is 12.3 Å². The van der Waals surface area contributed by atoms with E-state index in [1.54, 1.807) is 12.2 Å². The van der Waals surface area contributed by atoms with Crippen molar-refractivity contribution in [3.63, 3.8) is 0 Å². The first kappa shape index (κ1) is 16.9. The third-order valence-electron chi connectivity index (χ3n) is 3.83. The van der Waals surface area contributed by atoms with Crippen LogP contribution in [0, 0.1) is 16.7 Å². The molecule has 1 unspecified atom stereocenters. The fourth-order valence-corrected chi connectivity index (χ4v) is 3.10. The molecule has 0 fully saturated rings. The van der Waals surface area contributed by atoms with E-state index in [1.165, 1.54) is 5.57 Å². The maximum atomic E-state index is 11.0. The number of allylic oxidation sites excluding steroid dienone is 4. The summed E-state index contributed by atoms with van der Waals surface area (Å²) in [6.07, 6.45) is 8.26. The predicted octanol–water partition coefficient (Wildman–Crippen LogP) is 4.50. The summed E-state index contributed by atoms with van der Waals surface area (Å²) in [4.78, 5) is 22.0. The lowest BCUT2D eigenvalue weighted by Crippen LogP contribution is -2.23. The van der Waals surface area contributed by atoms with Crippen LogP contribution >= 0.6 is 0 Å². The second-order valence-corrected chi connectivity index (χ2v) is 7.80. The molecule has 2 rings (SSSR count). The van der Waals surface area contributed by atoms with Gasteiger partial charge >= 0.3 is 0 Å². The van der Waals surface area contributed by atoms with Gasteiger partial charge in [0.1, 0.15) is 0 Å². The van der Waals surface area contributed by atoms with Gasteiger partial charge in [-0.3, -0.25) is 9.59 Å². The summed E-state index contributed by atoms with van der Waals surface area (Å²) in [5, 5.41) is 0. The second kappa shape index (κ2) is 6.07. The lowest BCUT2D eigenvalue weighted by Gasteiger charge is -2.27. The molecule has 0 aromatic heterocycles. The summed E-state index contributed by atoms with van der Waals surface area (Å²) in [6.45, 7) is 12.6. The zero-order valence-electron chi connectivity index (χ0n) is 13.7. The lowest BCUT2D eigenvalue weighted by atomic mass is 9.77. The highest BCUT2D eigenvalue weighted by atomic mass is 16.1. The third-order valence-corrected chi connectivity index (χ3v) is 3.83. The van der Waals surface area contributed by atoms with E-state index in [0.29, 0.717) is 6.42 Å². The Morgan fingerprint density at radius 1 is 1.10 bits per heavy atom. The molecule has 0 heterocycles. The maximum Gasteiger partial charge on any atom is 0.158 e. The third kappa shape index (κ3) is 5.44. The molecule has 2 heteroatoms. The molecule has 20 heavy (non-hydrogen) atoms. The number of carbonyl (C=O) groups is 2. The average molecular weight is 276 g/mol. The normalized spacial score (nSPS) is 27.5. The van der Waals surface area contributed by atoms with Crippen LogP contribution in [0.1, 0.15) is 60.8 Å². The first-order valence-corrected chi connectivity index (χ1v) is 7.44. The van der Waals surface area contributed by atoms with E-state index in [2.05, 4.69) is 27.7 Å². The van der Waals surface area contributed by atoms with E-state index in [-0.39, 0.29) is 28.3 Å². The second-order valence-electron chi connectivity index (χ2n) is 7.80. The van der Waals surface area contributed by atoms with Crippen molar-refractivity contribution >= 4 is 11.6 Å². The molecule has 0 N–H and O–H groups in total. The van der Waals surface area contributed by atoms with Crippen molar-refractivity contribution in [1.82, 2.24) is 0 Å². The van der Waals surface area contributed by atoms with E-state index in [0.717, 1.165) is 12.8 Å². The molecule has 1 atom stereocenters. The van der Waals surface area contributed by atoms with Crippen molar-refractivity contribution in [1.29, 1.82) is 0 Å².